The molecular weight excluding hydrogens is 1470 g/mol. The Bertz CT molecular complexity index is 3790. The number of nitrogen functional groups attached to an aromatic ring is 1. The molecule has 0 saturated carbocycles. The number of H-pyrrole nitrogens is 2. The third-order valence-electron chi connectivity index (χ3n) is 17.1. The Labute approximate surface area is 601 Å². The number of aromatic nitrogens is 4. The summed E-state index contributed by atoms with van der Waals surface area (Å²) >= 11 is 2.30. The number of ether oxygens (including phenoxy) is 12. The van der Waals surface area contributed by atoms with E-state index in [9.17, 15) is 36.6 Å². The minimum atomic E-state index is -4.07. The second-order valence-corrected chi connectivity index (χ2v) is 30.7. The number of rotatable bonds is 32. The molecule has 0 bridgehead atoms. The number of halogens is 1. The lowest BCUT2D eigenvalue weighted by molar-refractivity contribution is -0.0909. The highest BCUT2D eigenvalue weighted by Crippen LogP contribution is 2.38. The molecule has 0 spiro atoms. The van der Waals surface area contributed by atoms with Crippen molar-refractivity contribution in [1.29, 1.82) is 0 Å². The second kappa shape index (κ2) is 36.6. The summed E-state index contributed by atoms with van der Waals surface area (Å²) in [5.41, 5.74) is 6.78. The maximum Gasteiger partial charge on any atom is 0.407 e. The predicted octanol–water partition coefficient (Wildman–Crippen LogP) is 6.84. The van der Waals surface area contributed by atoms with Crippen molar-refractivity contribution in [2.45, 2.75) is 125 Å². The number of aromatic amines is 2. The van der Waals surface area contributed by atoms with Crippen molar-refractivity contribution in [1.82, 2.24) is 39.6 Å². The molecule has 2 aromatic heterocycles. The highest BCUT2D eigenvalue weighted by atomic mass is 127. The molecule has 0 aliphatic carbocycles. The summed E-state index contributed by atoms with van der Waals surface area (Å²) in [6.07, 6.45) is 1.08. The van der Waals surface area contributed by atoms with Crippen LogP contribution in [0.4, 0.5) is 21.2 Å². The molecule has 8 heterocycles. The quantitative estimate of drug-likeness (QED) is 0.0122. The SMILES string of the molecule is CC(C)CN(C[C@@H](O)[C@H](Cc1ccc(OCCCI)cc1)NC(=O)O[C@H]1CO[C@H]2OCC[C@H]21)S(=O)(=O)c1ccc2c(c1)OCO2.CC(C)CN(C[C@@H](O)[C@H](Cc1ccc(OCCCNc2ccn[nH]2)cc1)NC(=O)O[C@H]1CO[C@H]2OCC[C@H]21)S(=O)(=O)c1ccc2c(c1)OCO2.Nc1ccn[nH]1. The number of anilines is 2. The maximum atomic E-state index is 13.9. The van der Waals surface area contributed by atoms with Gasteiger partial charge in [0.2, 0.25) is 33.6 Å². The molecule has 0 unspecified atom stereocenters. The summed E-state index contributed by atoms with van der Waals surface area (Å²) in [4.78, 5) is 26.5. The monoisotopic (exact) mass is 1560 g/mol. The fourth-order valence-electron chi connectivity index (χ4n) is 12.0. The molecule has 4 aromatic carbocycles. The van der Waals surface area contributed by atoms with E-state index in [4.69, 9.17) is 62.6 Å². The third-order valence-corrected chi connectivity index (χ3v) is 21.6. The molecule has 10 atom stereocenters. The van der Waals surface area contributed by atoms with E-state index in [-0.39, 0.29) is 106 Å². The lowest BCUT2D eigenvalue weighted by Crippen LogP contribution is -2.51. The van der Waals surface area contributed by atoms with Gasteiger partial charge in [0.15, 0.2) is 35.6 Å². The van der Waals surface area contributed by atoms with Gasteiger partial charge in [-0.2, -0.15) is 18.8 Å². The molecule has 4 fully saturated rings. The van der Waals surface area contributed by atoms with Crippen LogP contribution in [0.15, 0.2) is 119 Å². The molecule has 9 N–H and O–H groups in total. The molecule has 2 amide bonds. The molecule has 552 valence electrons. The van der Waals surface area contributed by atoms with Crippen LogP contribution < -0.4 is 50.1 Å². The van der Waals surface area contributed by atoms with Gasteiger partial charge in [-0.05, 0) is 122 Å². The molecule has 33 heteroatoms. The predicted molar refractivity (Wildman–Crippen MR) is 376 cm³/mol. The Morgan fingerprint density at radius 3 is 1.48 bits per heavy atom. The number of alkyl carbamates (subject to hydrolysis) is 2. The first-order valence-corrected chi connectivity index (χ1v) is 38.1. The average Bonchev–Trinajstić information content (AvgIpc) is 1.60. The molecule has 6 aliphatic heterocycles. The van der Waals surface area contributed by atoms with E-state index < -0.39 is 75.0 Å². The molecule has 101 heavy (non-hydrogen) atoms. The summed E-state index contributed by atoms with van der Waals surface area (Å²) < 4.78 is 126. The number of carbonyl (C=O) groups excluding carboxylic acids is 2. The van der Waals surface area contributed by atoms with Crippen LogP contribution in [0, 0.1) is 23.7 Å². The zero-order valence-electron chi connectivity index (χ0n) is 56.8. The number of carbonyl (C=O) groups is 2. The van der Waals surface area contributed by atoms with Gasteiger partial charge in [-0.1, -0.05) is 74.6 Å². The average molecular weight is 1560 g/mol. The standard InChI is InChI=1S/C34H45N5O10S.C31H41IN2O10S.C3H5N3/c1-22(2)18-39(50(42,43)25-8-9-29-30(17-25)48-21-47-29)19-28(40)27(37-34(41)49-31-20-46-33-26(31)11-15-45-33)16-23-4-6-24(7-5-23)44-14-3-12-35-32-10-13-36-38-32;1-20(2)16-34(45(37,38)23-8-9-27-28(15-23)43-19-42-27)17-26(35)25(14-21-4-6-22(7-5-21)39-12-3-11-32)33-31(36)44-29-18-41-30-24(29)10-13-40-30;4-3-1-2-5-6-3/h4-10,13,17,22,26-28,31,33,40H,3,11-12,14-16,18-21H2,1-2H3,(H,37,41)(H2,35,36,38);4-9,15,20,24-26,29-30,35H,3,10-14,16-19H2,1-2H3,(H,33,36);1-2H,(H3,4,5,6)/t26-,27-,28+,31-,33+;24-,25-,26+,29-,30+;/m00./s1. The van der Waals surface area contributed by atoms with Crippen LogP contribution in [-0.4, -0.2) is 208 Å². The first kappa shape index (κ1) is 76.2. The number of hydrogen-bond donors (Lipinski definition) is 8. The van der Waals surface area contributed by atoms with E-state index in [0.717, 1.165) is 46.4 Å². The third kappa shape index (κ3) is 21.6. The Balaban J connectivity index is 0.000000202. The Morgan fingerprint density at radius 1 is 0.604 bits per heavy atom. The van der Waals surface area contributed by atoms with E-state index in [2.05, 4.69) is 58.9 Å². The summed E-state index contributed by atoms with van der Waals surface area (Å²) in [6.45, 7) is 10.7. The zero-order valence-corrected chi connectivity index (χ0v) is 60.6. The number of fused-ring (bicyclic) bond motifs is 4. The largest absolute Gasteiger partial charge is 0.494 e. The number of amides is 2. The van der Waals surface area contributed by atoms with Crippen LogP contribution in [0.1, 0.15) is 64.5 Å². The highest BCUT2D eigenvalue weighted by molar-refractivity contribution is 14.1. The van der Waals surface area contributed by atoms with Crippen LogP contribution >= 0.6 is 22.6 Å². The van der Waals surface area contributed by atoms with Gasteiger partial charge >= 0.3 is 12.2 Å². The van der Waals surface area contributed by atoms with Gasteiger partial charge in [-0.3, -0.25) is 10.2 Å². The lowest BCUT2D eigenvalue weighted by Gasteiger charge is -2.31. The fraction of sp³-hybridized carbons (Fsp3) is 0.529. The minimum absolute atomic E-state index is 0.00931. The lowest BCUT2D eigenvalue weighted by atomic mass is 10.0. The number of nitrogens with one attached hydrogen (secondary N) is 5. The van der Waals surface area contributed by atoms with Crippen LogP contribution in [0.25, 0.3) is 0 Å². The fourth-order valence-corrected chi connectivity index (χ4v) is 15.6. The summed E-state index contributed by atoms with van der Waals surface area (Å²) in [5, 5.41) is 45.0. The van der Waals surface area contributed by atoms with Crippen LogP contribution in [0.2, 0.25) is 0 Å². The number of nitrogens with two attached hydrogens (primary N) is 1. The van der Waals surface area contributed by atoms with Crippen LogP contribution in [0.5, 0.6) is 34.5 Å². The highest BCUT2D eigenvalue weighted by Gasteiger charge is 2.46. The molecular formula is C68H91IN10O20S2. The number of hydrogen-bond acceptors (Lipinski definition) is 24. The van der Waals surface area contributed by atoms with Crippen molar-refractivity contribution >= 4 is 66.5 Å². The number of nitrogens with zero attached hydrogens (tertiary/aromatic N) is 4. The Morgan fingerprint density at radius 2 is 1.06 bits per heavy atom. The van der Waals surface area contributed by atoms with Crippen molar-refractivity contribution in [3.8, 4) is 34.5 Å². The molecule has 0 radical (unpaired) electrons. The zero-order chi connectivity index (χ0) is 71.5. The van der Waals surface area contributed by atoms with Crippen molar-refractivity contribution in [2.75, 3.05) is 101 Å². The summed E-state index contributed by atoms with van der Waals surface area (Å²) in [5.74, 6) is 4.25. The number of alkyl halides is 1. The Hall–Kier alpha value is -7.45. The van der Waals surface area contributed by atoms with Gasteiger partial charge in [-0.15, -0.1) is 0 Å². The molecule has 30 nitrogen and oxygen atoms in total. The number of benzene rings is 4. The van der Waals surface area contributed by atoms with Gasteiger partial charge in [-0.25, -0.2) is 26.4 Å². The van der Waals surface area contributed by atoms with E-state index in [1.54, 1.807) is 30.6 Å². The van der Waals surface area contributed by atoms with Crippen LogP contribution in [0.3, 0.4) is 0 Å². The first-order valence-electron chi connectivity index (χ1n) is 33.7. The topological polar surface area (TPSA) is 380 Å². The normalized spacial score (nSPS) is 20.6. The van der Waals surface area contributed by atoms with E-state index in [0.29, 0.717) is 74.0 Å². The first-order chi connectivity index (χ1) is 48.7. The van der Waals surface area contributed by atoms with Crippen molar-refractivity contribution in [3.63, 3.8) is 0 Å². The molecule has 4 saturated heterocycles. The molecule has 6 aliphatic rings. The van der Waals surface area contributed by atoms with Gasteiger partial charge < -0.3 is 88.7 Å². The van der Waals surface area contributed by atoms with E-state index in [1.807, 2.05) is 82.3 Å². The second-order valence-electron chi connectivity index (χ2n) is 25.7. The van der Waals surface area contributed by atoms with Gasteiger partial charge in [0, 0.05) is 49.3 Å². The summed E-state index contributed by atoms with van der Waals surface area (Å²) in [6, 6.07) is 25.4. The van der Waals surface area contributed by atoms with Crippen molar-refractivity contribution in [3.05, 3.63) is 121 Å². The van der Waals surface area contributed by atoms with Crippen molar-refractivity contribution < 1.29 is 93.5 Å². The van der Waals surface area contributed by atoms with Crippen molar-refractivity contribution in [2.24, 2.45) is 23.7 Å². The Kier molecular flexibility index (Phi) is 27.6. The van der Waals surface area contributed by atoms with Gasteiger partial charge in [0.25, 0.3) is 0 Å². The smallest absolute Gasteiger partial charge is 0.407 e. The van der Waals surface area contributed by atoms with Gasteiger partial charge in [0.1, 0.15) is 35.3 Å². The maximum absolute atomic E-state index is 13.9. The number of aliphatic hydroxyl groups is 2. The van der Waals surface area contributed by atoms with E-state index >= 15 is 0 Å². The van der Waals surface area contributed by atoms with E-state index in [1.165, 1.54) is 32.9 Å². The number of aliphatic hydroxyl groups excluding tert-OH is 2. The molecule has 12 rings (SSSR count). The van der Waals surface area contributed by atoms with Crippen LogP contribution in [-0.2, 0) is 61.3 Å². The van der Waals surface area contributed by atoms with Gasteiger partial charge in [0.05, 0.1) is 98.0 Å². The minimum Gasteiger partial charge on any atom is -0.494 e. The summed E-state index contributed by atoms with van der Waals surface area (Å²) in [7, 11) is -8.12. The molecule has 6 aromatic rings. The number of sulfonamides is 2.